The van der Waals surface area contributed by atoms with Crippen LogP contribution in [-0.2, 0) is 0 Å². The fraction of sp³-hybridized carbons (Fsp3) is 0.100. The maximum Gasteiger partial charge on any atom is 0.352 e. The first-order valence-corrected chi connectivity index (χ1v) is 8.56. The number of carbonyl (C=O) groups excluding carboxylic acids is 1. The Morgan fingerprint density at radius 3 is 2.28 bits per heavy atom. The van der Waals surface area contributed by atoms with Crippen LogP contribution in [0, 0.1) is 13.8 Å². The second kappa shape index (κ2) is 7.85. The number of carboxylic acid groups (broad SMARTS) is 2. The number of hydrazone groups is 1. The van der Waals surface area contributed by atoms with Crippen molar-refractivity contribution in [1.82, 2.24) is 15.0 Å². The van der Waals surface area contributed by atoms with Crippen molar-refractivity contribution in [2.75, 3.05) is 0 Å². The Bertz CT molecular complexity index is 1120. The number of carboxylic acids is 2. The van der Waals surface area contributed by atoms with E-state index in [2.05, 4.69) is 15.5 Å². The smallest absolute Gasteiger partial charge is 0.352 e. The number of hydrogen-bond donors (Lipinski definition) is 4. The molecule has 148 valence electrons. The Labute approximate surface area is 165 Å². The summed E-state index contributed by atoms with van der Waals surface area (Å²) in [6.45, 7) is 3.69. The van der Waals surface area contributed by atoms with Crippen LogP contribution < -0.4 is 5.43 Å². The Morgan fingerprint density at radius 1 is 1.00 bits per heavy atom. The molecule has 0 aliphatic carbocycles. The van der Waals surface area contributed by atoms with Gasteiger partial charge in [0, 0.05) is 17.0 Å². The van der Waals surface area contributed by atoms with Gasteiger partial charge in [0.05, 0.1) is 23.2 Å². The normalized spacial score (nSPS) is 11.0. The third kappa shape index (κ3) is 4.08. The lowest BCUT2D eigenvalue weighted by atomic mass is 10.1. The van der Waals surface area contributed by atoms with Gasteiger partial charge in [-0.2, -0.15) is 5.10 Å². The molecule has 3 aromatic rings. The number of amides is 1. The number of rotatable bonds is 6. The van der Waals surface area contributed by atoms with Crippen LogP contribution in [0.25, 0.3) is 5.69 Å². The lowest BCUT2D eigenvalue weighted by molar-refractivity contribution is 0.0683. The van der Waals surface area contributed by atoms with Crippen LogP contribution in [0.3, 0.4) is 0 Å². The molecule has 1 amide bonds. The summed E-state index contributed by atoms with van der Waals surface area (Å²) in [6.07, 6.45) is 1.27. The predicted molar refractivity (Wildman–Crippen MR) is 105 cm³/mol. The molecule has 2 aromatic heterocycles. The molecule has 0 fully saturated rings. The molecule has 0 bridgehead atoms. The van der Waals surface area contributed by atoms with E-state index in [9.17, 15) is 19.5 Å². The summed E-state index contributed by atoms with van der Waals surface area (Å²) >= 11 is 0. The number of nitrogens with zero attached hydrogens (tertiary/aromatic N) is 2. The Hall–Kier alpha value is -4.14. The summed E-state index contributed by atoms with van der Waals surface area (Å²) < 4.78 is 1.76. The molecule has 0 atom stereocenters. The highest BCUT2D eigenvalue weighted by atomic mass is 16.4. The fourth-order valence-electron chi connectivity index (χ4n) is 2.92. The van der Waals surface area contributed by atoms with Crippen molar-refractivity contribution in [2.24, 2.45) is 5.10 Å². The van der Waals surface area contributed by atoms with Crippen LogP contribution in [0.4, 0.5) is 0 Å². The first kappa shape index (κ1) is 19.6. The molecular formula is C20H18N4O5. The van der Waals surface area contributed by atoms with Crippen molar-refractivity contribution in [2.45, 2.75) is 13.8 Å². The summed E-state index contributed by atoms with van der Waals surface area (Å²) in [5, 5.41) is 22.2. The number of hydrogen-bond acceptors (Lipinski definition) is 4. The molecule has 4 N–H and O–H groups in total. The van der Waals surface area contributed by atoms with E-state index in [0.717, 1.165) is 11.4 Å². The van der Waals surface area contributed by atoms with E-state index in [4.69, 9.17) is 5.11 Å². The summed E-state index contributed by atoms with van der Waals surface area (Å²) in [6, 6.07) is 10.9. The minimum absolute atomic E-state index is 0.00383. The average Bonchev–Trinajstić information content (AvgIpc) is 3.28. The van der Waals surface area contributed by atoms with E-state index in [1.807, 2.05) is 26.0 Å². The molecule has 9 nitrogen and oxygen atoms in total. The van der Waals surface area contributed by atoms with Crippen molar-refractivity contribution in [3.05, 3.63) is 76.4 Å². The van der Waals surface area contributed by atoms with E-state index in [0.29, 0.717) is 11.4 Å². The number of benzene rings is 1. The number of aryl methyl sites for hydroxylation is 2. The van der Waals surface area contributed by atoms with Crippen LogP contribution in [0.15, 0.2) is 47.6 Å². The zero-order valence-corrected chi connectivity index (χ0v) is 15.6. The minimum atomic E-state index is -1.10. The molecule has 0 aliphatic heterocycles. The van der Waals surface area contributed by atoms with Crippen LogP contribution >= 0.6 is 0 Å². The maximum absolute atomic E-state index is 12.4. The second-order valence-electron chi connectivity index (χ2n) is 6.32. The van der Waals surface area contributed by atoms with Crippen LogP contribution in [-0.4, -0.2) is 43.8 Å². The topological polar surface area (TPSA) is 137 Å². The number of aromatic amines is 1. The van der Waals surface area contributed by atoms with Gasteiger partial charge in [0.2, 0.25) is 0 Å². The summed E-state index contributed by atoms with van der Waals surface area (Å²) in [5.41, 5.74) is 5.10. The SMILES string of the molecule is Cc1ccc(C)n1-c1cc(C(=O)N/N=C/c2ccc(C(=O)O)[nH]2)ccc1C(=O)O. The molecule has 1 aromatic carbocycles. The van der Waals surface area contributed by atoms with Crippen molar-refractivity contribution in [3.63, 3.8) is 0 Å². The van der Waals surface area contributed by atoms with E-state index in [1.54, 1.807) is 4.57 Å². The molecule has 0 saturated heterocycles. The zero-order chi connectivity index (χ0) is 21.1. The first-order chi connectivity index (χ1) is 13.8. The van der Waals surface area contributed by atoms with Gasteiger partial charge < -0.3 is 19.8 Å². The van der Waals surface area contributed by atoms with Crippen molar-refractivity contribution in [3.8, 4) is 5.69 Å². The lowest BCUT2D eigenvalue weighted by Gasteiger charge is -2.14. The van der Waals surface area contributed by atoms with Gasteiger partial charge in [-0.1, -0.05) is 0 Å². The van der Waals surface area contributed by atoms with Gasteiger partial charge >= 0.3 is 11.9 Å². The summed E-state index contributed by atoms with van der Waals surface area (Å²) in [5.74, 6) is -2.74. The van der Waals surface area contributed by atoms with Gasteiger partial charge in [0.25, 0.3) is 5.91 Å². The molecular weight excluding hydrogens is 376 g/mol. The first-order valence-electron chi connectivity index (χ1n) is 8.56. The third-order valence-corrected chi connectivity index (χ3v) is 4.31. The Balaban J connectivity index is 1.85. The quantitative estimate of drug-likeness (QED) is 0.376. The van der Waals surface area contributed by atoms with Crippen LogP contribution in [0.1, 0.15) is 48.3 Å². The second-order valence-corrected chi connectivity index (χ2v) is 6.32. The highest BCUT2D eigenvalue weighted by molar-refractivity contribution is 5.98. The van der Waals surface area contributed by atoms with Gasteiger partial charge in [-0.3, -0.25) is 4.79 Å². The number of carbonyl (C=O) groups is 3. The zero-order valence-electron chi connectivity index (χ0n) is 15.6. The van der Waals surface area contributed by atoms with Gasteiger partial charge in [-0.15, -0.1) is 0 Å². The largest absolute Gasteiger partial charge is 0.478 e. The number of nitrogens with one attached hydrogen (secondary N) is 2. The molecule has 2 heterocycles. The number of H-pyrrole nitrogens is 1. The summed E-state index contributed by atoms with van der Waals surface area (Å²) in [4.78, 5) is 37.5. The minimum Gasteiger partial charge on any atom is -0.478 e. The summed E-state index contributed by atoms with van der Waals surface area (Å²) in [7, 11) is 0. The van der Waals surface area contributed by atoms with Gasteiger partial charge in [0.15, 0.2) is 0 Å². The van der Waals surface area contributed by atoms with E-state index in [-0.39, 0.29) is 16.8 Å². The molecule has 0 unspecified atom stereocenters. The molecule has 9 heteroatoms. The standard InChI is InChI=1S/C20H18N4O5/c1-11-3-4-12(2)24(11)17-9-13(5-7-15(17)19(26)27)18(25)23-21-10-14-6-8-16(22-14)20(28)29/h3-10,22H,1-2H3,(H,23,25)(H,26,27)(H,28,29)/b21-10+. The van der Waals surface area contributed by atoms with Gasteiger partial charge in [-0.05, 0) is 56.3 Å². The predicted octanol–water partition coefficient (Wildman–Crippen LogP) is 2.58. The Kier molecular flexibility index (Phi) is 5.31. The highest BCUT2D eigenvalue weighted by Crippen LogP contribution is 2.22. The molecule has 0 aliphatic rings. The number of aromatic nitrogens is 2. The monoisotopic (exact) mass is 394 g/mol. The van der Waals surface area contributed by atoms with Crippen molar-refractivity contribution < 1.29 is 24.6 Å². The van der Waals surface area contributed by atoms with E-state index < -0.39 is 17.8 Å². The van der Waals surface area contributed by atoms with Crippen molar-refractivity contribution in [1.29, 1.82) is 0 Å². The van der Waals surface area contributed by atoms with Crippen molar-refractivity contribution >= 4 is 24.1 Å². The van der Waals surface area contributed by atoms with Crippen LogP contribution in [0.2, 0.25) is 0 Å². The lowest BCUT2D eigenvalue weighted by Crippen LogP contribution is -2.19. The molecule has 0 saturated carbocycles. The van der Waals surface area contributed by atoms with E-state index in [1.165, 1.54) is 36.5 Å². The molecule has 29 heavy (non-hydrogen) atoms. The van der Waals surface area contributed by atoms with E-state index >= 15 is 0 Å². The molecule has 0 radical (unpaired) electrons. The Morgan fingerprint density at radius 2 is 1.69 bits per heavy atom. The van der Waals surface area contributed by atoms with Gasteiger partial charge in [-0.25, -0.2) is 15.0 Å². The third-order valence-electron chi connectivity index (χ3n) is 4.31. The molecule has 0 spiro atoms. The highest BCUT2D eigenvalue weighted by Gasteiger charge is 2.17. The number of aromatic carboxylic acids is 2. The average molecular weight is 394 g/mol. The fourth-order valence-corrected chi connectivity index (χ4v) is 2.92. The maximum atomic E-state index is 12.4. The molecule has 3 rings (SSSR count). The van der Waals surface area contributed by atoms with Gasteiger partial charge in [0.1, 0.15) is 5.69 Å². The van der Waals surface area contributed by atoms with Crippen LogP contribution in [0.5, 0.6) is 0 Å².